The predicted molar refractivity (Wildman–Crippen MR) is 95.5 cm³/mol. The molecule has 0 saturated carbocycles. The molecule has 0 fully saturated rings. The molecule has 0 aliphatic carbocycles. The summed E-state index contributed by atoms with van der Waals surface area (Å²) in [5.41, 5.74) is 2.23. The van der Waals surface area contributed by atoms with Crippen LogP contribution in [0.5, 0.6) is 5.75 Å². The standard InChI is InChI=1S/C20H22FNO4/c1-14-7-8-18(25-2)16(11-14)12-20(24)26-13-19(23)22-10-9-15-5-3-4-6-17(15)21/h3-8,11H,9-10,12-13H2,1-2H3,(H,22,23). The number of carbonyl (C=O) groups excluding carboxylic acids is 2. The molecule has 0 aromatic heterocycles. The Morgan fingerprint density at radius 1 is 1.12 bits per heavy atom. The molecule has 0 spiro atoms. The van der Waals surface area contributed by atoms with Gasteiger partial charge < -0.3 is 14.8 Å². The van der Waals surface area contributed by atoms with Gasteiger partial charge in [0.1, 0.15) is 11.6 Å². The second-order valence-electron chi connectivity index (χ2n) is 5.84. The Morgan fingerprint density at radius 2 is 1.88 bits per heavy atom. The maximum atomic E-state index is 13.5. The van der Waals surface area contributed by atoms with Crippen molar-refractivity contribution in [1.82, 2.24) is 5.32 Å². The van der Waals surface area contributed by atoms with Gasteiger partial charge in [-0.2, -0.15) is 0 Å². The molecule has 5 nitrogen and oxygen atoms in total. The summed E-state index contributed by atoms with van der Waals surface area (Å²) in [7, 11) is 1.53. The van der Waals surface area contributed by atoms with Gasteiger partial charge in [0.2, 0.25) is 0 Å². The molecule has 1 amide bonds. The first-order valence-electron chi connectivity index (χ1n) is 8.29. The zero-order valence-corrected chi connectivity index (χ0v) is 14.9. The Bertz CT molecular complexity index is 776. The molecule has 0 atom stereocenters. The zero-order chi connectivity index (χ0) is 18.9. The maximum Gasteiger partial charge on any atom is 0.310 e. The van der Waals surface area contributed by atoms with Crippen LogP contribution in [0.1, 0.15) is 16.7 Å². The highest BCUT2D eigenvalue weighted by Gasteiger charge is 2.12. The molecule has 26 heavy (non-hydrogen) atoms. The van der Waals surface area contributed by atoms with Gasteiger partial charge in [0.25, 0.3) is 5.91 Å². The van der Waals surface area contributed by atoms with Crippen LogP contribution in [0.3, 0.4) is 0 Å². The lowest BCUT2D eigenvalue weighted by atomic mass is 10.1. The maximum absolute atomic E-state index is 13.5. The van der Waals surface area contributed by atoms with Crippen LogP contribution in [-0.2, 0) is 27.2 Å². The van der Waals surface area contributed by atoms with Gasteiger partial charge in [0.15, 0.2) is 6.61 Å². The summed E-state index contributed by atoms with van der Waals surface area (Å²) in [5.74, 6) is -0.647. The van der Waals surface area contributed by atoms with Gasteiger partial charge in [-0.15, -0.1) is 0 Å². The summed E-state index contributed by atoms with van der Waals surface area (Å²) in [6.45, 7) is 1.81. The number of aryl methyl sites for hydroxylation is 1. The highest BCUT2D eigenvalue weighted by molar-refractivity contribution is 5.81. The quantitative estimate of drug-likeness (QED) is 0.736. The first-order valence-corrected chi connectivity index (χ1v) is 8.29. The number of halogens is 1. The number of methoxy groups -OCH3 is 1. The van der Waals surface area contributed by atoms with Crippen molar-refractivity contribution >= 4 is 11.9 Å². The van der Waals surface area contributed by atoms with E-state index in [0.29, 0.717) is 23.3 Å². The molecule has 0 aliphatic heterocycles. The van der Waals surface area contributed by atoms with Crippen LogP contribution in [0.2, 0.25) is 0 Å². The van der Waals surface area contributed by atoms with E-state index in [-0.39, 0.29) is 25.4 Å². The number of amides is 1. The Hall–Kier alpha value is -2.89. The van der Waals surface area contributed by atoms with Gasteiger partial charge in [-0.05, 0) is 31.0 Å². The summed E-state index contributed by atoms with van der Waals surface area (Å²) in [6.07, 6.45) is 0.389. The minimum atomic E-state index is -0.516. The van der Waals surface area contributed by atoms with Gasteiger partial charge >= 0.3 is 5.97 Å². The summed E-state index contributed by atoms with van der Waals surface area (Å²) in [4.78, 5) is 23.7. The third kappa shape index (κ3) is 5.88. The van der Waals surface area contributed by atoms with Gasteiger partial charge in [-0.25, -0.2) is 4.39 Å². The Kier molecular flexibility index (Phi) is 7.14. The molecule has 2 aromatic carbocycles. The van der Waals surface area contributed by atoms with Crippen LogP contribution < -0.4 is 10.1 Å². The lowest BCUT2D eigenvalue weighted by Crippen LogP contribution is -2.30. The summed E-state index contributed by atoms with van der Waals surface area (Å²) in [6, 6.07) is 11.9. The van der Waals surface area contributed by atoms with Gasteiger partial charge in [-0.1, -0.05) is 35.9 Å². The number of carbonyl (C=O) groups is 2. The normalized spacial score (nSPS) is 10.3. The number of hydrogen-bond acceptors (Lipinski definition) is 4. The van der Waals surface area contributed by atoms with Crippen molar-refractivity contribution in [3.05, 3.63) is 65.0 Å². The number of ether oxygens (including phenoxy) is 2. The Morgan fingerprint density at radius 3 is 2.62 bits per heavy atom. The Balaban J connectivity index is 1.74. The highest BCUT2D eigenvalue weighted by atomic mass is 19.1. The number of rotatable bonds is 8. The van der Waals surface area contributed by atoms with E-state index in [1.807, 2.05) is 19.1 Å². The summed E-state index contributed by atoms with van der Waals surface area (Å²) >= 11 is 0. The van der Waals surface area contributed by atoms with Crippen molar-refractivity contribution in [2.45, 2.75) is 19.8 Å². The van der Waals surface area contributed by atoms with Crippen LogP contribution in [0.25, 0.3) is 0 Å². The van der Waals surface area contributed by atoms with Crippen LogP contribution in [0.15, 0.2) is 42.5 Å². The lowest BCUT2D eigenvalue weighted by Gasteiger charge is -2.10. The fraction of sp³-hybridized carbons (Fsp3) is 0.300. The van der Waals surface area contributed by atoms with Crippen molar-refractivity contribution < 1.29 is 23.5 Å². The Labute approximate surface area is 152 Å². The number of nitrogens with one attached hydrogen (secondary N) is 1. The fourth-order valence-corrected chi connectivity index (χ4v) is 2.49. The van der Waals surface area contributed by atoms with Crippen LogP contribution >= 0.6 is 0 Å². The van der Waals surface area contributed by atoms with Crippen molar-refractivity contribution in [3.8, 4) is 5.75 Å². The molecule has 0 bridgehead atoms. The first-order chi connectivity index (χ1) is 12.5. The van der Waals surface area contributed by atoms with Gasteiger partial charge in [0, 0.05) is 12.1 Å². The summed E-state index contributed by atoms with van der Waals surface area (Å²) < 4.78 is 23.7. The predicted octanol–water partition coefficient (Wildman–Crippen LogP) is 2.59. The van der Waals surface area contributed by atoms with Crippen molar-refractivity contribution in [2.24, 2.45) is 0 Å². The molecule has 2 rings (SSSR count). The first kappa shape index (κ1) is 19.4. The third-order valence-corrected chi connectivity index (χ3v) is 3.81. The van der Waals surface area contributed by atoms with E-state index in [0.717, 1.165) is 5.56 Å². The van der Waals surface area contributed by atoms with E-state index in [2.05, 4.69) is 5.32 Å². The van der Waals surface area contributed by atoms with E-state index in [9.17, 15) is 14.0 Å². The zero-order valence-electron chi connectivity index (χ0n) is 14.9. The molecule has 2 aromatic rings. The van der Waals surface area contributed by atoms with Gasteiger partial charge in [0.05, 0.1) is 13.5 Å². The lowest BCUT2D eigenvalue weighted by molar-refractivity contribution is -0.147. The molecule has 0 unspecified atom stereocenters. The fourth-order valence-electron chi connectivity index (χ4n) is 2.49. The minimum absolute atomic E-state index is 0.0212. The second kappa shape index (κ2) is 9.56. The largest absolute Gasteiger partial charge is 0.496 e. The molecule has 0 heterocycles. The smallest absolute Gasteiger partial charge is 0.310 e. The van der Waals surface area contributed by atoms with Crippen LogP contribution in [0, 0.1) is 12.7 Å². The van der Waals surface area contributed by atoms with Crippen molar-refractivity contribution in [1.29, 1.82) is 0 Å². The molecular weight excluding hydrogens is 337 g/mol. The van der Waals surface area contributed by atoms with Crippen molar-refractivity contribution in [2.75, 3.05) is 20.3 Å². The monoisotopic (exact) mass is 359 g/mol. The molecule has 0 radical (unpaired) electrons. The molecule has 6 heteroatoms. The van der Waals surface area contributed by atoms with E-state index >= 15 is 0 Å². The second-order valence-corrected chi connectivity index (χ2v) is 5.84. The van der Waals surface area contributed by atoms with E-state index in [1.54, 1.807) is 24.3 Å². The third-order valence-electron chi connectivity index (χ3n) is 3.81. The minimum Gasteiger partial charge on any atom is -0.496 e. The van der Waals surface area contributed by atoms with E-state index in [4.69, 9.17) is 9.47 Å². The SMILES string of the molecule is COc1ccc(C)cc1CC(=O)OCC(=O)NCCc1ccccc1F. The average molecular weight is 359 g/mol. The number of benzene rings is 2. The van der Waals surface area contributed by atoms with Crippen LogP contribution in [0.4, 0.5) is 4.39 Å². The number of esters is 1. The molecule has 0 aliphatic rings. The molecule has 138 valence electrons. The highest BCUT2D eigenvalue weighted by Crippen LogP contribution is 2.20. The molecule has 0 saturated heterocycles. The summed E-state index contributed by atoms with van der Waals surface area (Å²) in [5, 5.41) is 2.60. The molecule has 1 N–H and O–H groups in total. The topological polar surface area (TPSA) is 64.6 Å². The number of hydrogen-bond donors (Lipinski definition) is 1. The van der Waals surface area contributed by atoms with E-state index < -0.39 is 11.9 Å². The average Bonchev–Trinajstić information content (AvgIpc) is 2.62. The van der Waals surface area contributed by atoms with E-state index in [1.165, 1.54) is 13.2 Å². The van der Waals surface area contributed by atoms with Crippen LogP contribution in [-0.4, -0.2) is 32.1 Å². The molecular formula is C20H22FNO4. The van der Waals surface area contributed by atoms with Gasteiger partial charge in [-0.3, -0.25) is 9.59 Å². The van der Waals surface area contributed by atoms with Crippen molar-refractivity contribution in [3.63, 3.8) is 0 Å².